The van der Waals surface area contributed by atoms with Gasteiger partial charge in [-0.1, -0.05) is 6.07 Å². The van der Waals surface area contributed by atoms with Gasteiger partial charge >= 0.3 is 0 Å². The molecule has 1 amide bonds. The first kappa shape index (κ1) is 14.8. The van der Waals surface area contributed by atoms with Crippen molar-refractivity contribution in [3.8, 4) is 5.75 Å². The number of nitrogens with one attached hydrogen (secondary N) is 2. The van der Waals surface area contributed by atoms with Crippen molar-refractivity contribution in [1.29, 1.82) is 0 Å². The summed E-state index contributed by atoms with van der Waals surface area (Å²) < 4.78 is 5.35. The van der Waals surface area contributed by atoms with E-state index in [1.54, 1.807) is 19.4 Å². The maximum Gasteiger partial charge on any atom is 0.221 e. The molecule has 0 aliphatic heterocycles. The smallest absolute Gasteiger partial charge is 0.221 e. The van der Waals surface area contributed by atoms with Gasteiger partial charge in [-0.15, -0.1) is 0 Å². The van der Waals surface area contributed by atoms with Gasteiger partial charge in [0, 0.05) is 18.8 Å². The maximum atomic E-state index is 11.1. The monoisotopic (exact) mass is 285 g/mol. The van der Waals surface area contributed by atoms with Crippen LogP contribution in [0.2, 0.25) is 0 Å². The summed E-state index contributed by atoms with van der Waals surface area (Å²) in [6, 6.07) is 11.3. The Morgan fingerprint density at radius 3 is 2.71 bits per heavy atom. The number of hydrogen-bond acceptors (Lipinski definition) is 4. The van der Waals surface area contributed by atoms with Crippen LogP contribution < -0.4 is 15.4 Å². The molecule has 2 aromatic rings. The van der Waals surface area contributed by atoms with E-state index in [4.69, 9.17) is 4.74 Å². The molecule has 110 valence electrons. The Morgan fingerprint density at radius 2 is 2.10 bits per heavy atom. The van der Waals surface area contributed by atoms with E-state index in [1.807, 2.05) is 37.3 Å². The Morgan fingerprint density at radius 1 is 1.29 bits per heavy atom. The first-order valence-electron chi connectivity index (χ1n) is 6.73. The lowest BCUT2D eigenvalue weighted by Crippen LogP contribution is -2.10. The molecule has 0 spiro atoms. The molecule has 0 saturated carbocycles. The minimum Gasteiger partial charge on any atom is -0.495 e. The molecule has 0 aliphatic carbocycles. The van der Waals surface area contributed by atoms with Crippen LogP contribution in [0.3, 0.4) is 0 Å². The third-order valence-corrected chi connectivity index (χ3v) is 3.02. The highest BCUT2D eigenvalue weighted by Gasteiger charge is 2.11. The molecule has 5 nitrogen and oxygen atoms in total. The Balaban J connectivity index is 2.22. The summed E-state index contributed by atoms with van der Waals surface area (Å²) in [6.45, 7) is 3.50. The highest BCUT2D eigenvalue weighted by Crippen LogP contribution is 2.30. The number of aromatic nitrogens is 1. The Hall–Kier alpha value is -2.56. The number of nitrogens with zero attached hydrogens (tertiary/aromatic N) is 1. The molecule has 0 bridgehead atoms. The molecule has 0 fully saturated rings. The highest BCUT2D eigenvalue weighted by molar-refractivity contribution is 5.89. The van der Waals surface area contributed by atoms with Crippen molar-refractivity contribution in [2.75, 3.05) is 17.7 Å². The lowest BCUT2D eigenvalue weighted by molar-refractivity contribution is -0.114. The zero-order valence-electron chi connectivity index (χ0n) is 12.4. The lowest BCUT2D eigenvalue weighted by atomic mass is 10.2. The van der Waals surface area contributed by atoms with Gasteiger partial charge in [-0.3, -0.25) is 9.78 Å². The first-order valence-corrected chi connectivity index (χ1v) is 6.73. The van der Waals surface area contributed by atoms with E-state index in [9.17, 15) is 4.79 Å². The largest absolute Gasteiger partial charge is 0.495 e. The van der Waals surface area contributed by atoms with Gasteiger partial charge < -0.3 is 15.4 Å². The molecule has 2 rings (SSSR count). The van der Waals surface area contributed by atoms with E-state index < -0.39 is 0 Å². The van der Waals surface area contributed by atoms with Gasteiger partial charge in [0.15, 0.2) is 0 Å². The molecule has 2 N–H and O–H groups in total. The molecule has 0 aliphatic rings. The molecule has 5 heteroatoms. The molecule has 1 aromatic heterocycles. The van der Waals surface area contributed by atoms with Gasteiger partial charge in [0.2, 0.25) is 5.91 Å². The predicted octanol–water partition coefficient (Wildman–Crippen LogP) is 3.22. The normalized spacial score (nSPS) is 11.6. The second-order valence-corrected chi connectivity index (χ2v) is 4.72. The van der Waals surface area contributed by atoms with Crippen LogP contribution in [0.15, 0.2) is 42.6 Å². The quantitative estimate of drug-likeness (QED) is 0.885. The number of ether oxygens (including phenoxy) is 1. The summed E-state index contributed by atoms with van der Waals surface area (Å²) in [5.74, 6) is 0.607. The molecule has 21 heavy (non-hydrogen) atoms. The summed E-state index contributed by atoms with van der Waals surface area (Å²) in [5.41, 5.74) is 2.46. The van der Waals surface area contributed by atoms with Crippen LogP contribution in [-0.4, -0.2) is 18.0 Å². The molecular weight excluding hydrogens is 266 g/mol. The van der Waals surface area contributed by atoms with Crippen molar-refractivity contribution < 1.29 is 9.53 Å². The molecule has 1 aromatic carbocycles. The first-order chi connectivity index (χ1) is 10.1. The fourth-order valence-electron chi connectivity index (χ4n) is 2.04. The molecule has 1 heterocycles. The predicted molar refractivity (Wildman–Crippen MR) is 83.6 cm³/mol. The third kappa shape index (κ3) is 3.95. The average Bonchev–Trinajstić information content (AvgIpc) is 2.48. The molecular formula is C16H19N3O2. The number of methoxy groups -OCH3 is 1. The second-order valence-electron chi connectivity index (χ2n) is 4.72. The van der Waals surface area contributed by atoms with Gasteiger partial charge in [-0.25, -0.2) is 0 Å². The summed E-state index contributed by atoms with van der Waals surface area (Å²) in [5, 5.41) is 6.11. The fraction of sp³-hybridized carbons (Fsp3) is 0.250. The number of amides is 1. The Kier molecular flexibility index (Phi) is 4.77. The van der Waals surface area contributed by atoms with Crippen molar-refractivity contribution in [3.05, 3.63) is 48.3 Å². The summed E-state index contributed by atoms with van der Waals surface area (Å²) in [7, 11) is 1.62. The number of carbonyl (C=O) groups is 1. The summed E-state index contributed by atoms with van der Waals surface area (Å²) in [4.78, 5) is 15.5. The second kappa shape index (κ2) is 6.74. The topological polar surface area (TPSA) is 63.2 Å². The zero-order valence-corrected chi connectivity index (χ0v) is 12.4. The number of benzene rings is 1. The van der Waals surface area contributed by atoms with Crippen molar-refractivity contribution >= 4 is 17.3 Å². The van der Waals surface area contributed by atoms with Crippen LogP contribution in [0.5, 0.6) is 5.75 Å². The fourth-order valence-corrected chi connectivity index (χ4v) is 2.04. The maximum absolute atomic E-state index is 11.1. The van der Waals surface area contributed by atoms with Crippen molar-refractivity contribution in [2.45, 2.75) is 19.9 Å². The molecule has 0 radical (unpaired) electrons. The Labute approximate surface area is 124 Å². The van der Waals surface area contributed by atoms with Crippen LogP contribution in [0.25, 0.3) is 0 Å². The lowest BCUT2D eigenvalue weighted by Gasteiger charge is -2.18. The highest BCUT2D eigenvalue weighted by atomic mass is 16.5. The van der Waals surface area contributed by atoms with Gasteiger partial charge in [-0.2, -0.15) is 0 Å². The standard InChI is InChI=1S/C16H19N3O2/c1-11(14-6-4-5-9-17-14)18-15-10-13(19-12(2)20)7-8-16(15)21-3/h4-11,18H,1-3H3,(H,19,20). The summed E-state index contributed by atoms with van der Waals surface area (Å²) >= 11 is 0. The Bertz CT molecular complexity index is 614. The van der Waals surface area contributed by atoms with Gasteiger partial charge in [0.25, 0.3) is 0 Å². The summed E-state index contributed by atoms with van der Waals surface area (Å²) in [6.07, 6.45) is 1.76. The van der Waals surface area contributed by atoms with E-state index >= 15 is 0 Å². The number of pyridine rings is 1. The number of rotatable bonds is 5. The molecule has 1 atom stereocenters. The minimum atomic E-state index is -0.108. The van der Waals surface area contributed by atoms with Gasteiger partial charge in [0.1, 0.15) is 5.75 Å². The van der Waals surface area contributed by atoms with Crippen molar-refractivity contribution in [1.82, 2.24) is 4.98 Å². The van der Waals surface area contributed by atoms with E-state index in [-0.39, 0.29) is 11.9 Å². The SMILES string of the molecule is COc1ccc(NC(C)=O)cc1NC(C)c1ccccn1. The van der Waals surface area contributed by atoms with E-state index in [0.717, 1.165) is 17.1 Å². The number of anilines is 2. The van der Waals surface area contributed by atoms with E-state index in [1.165, 1.54) is 6.92 Å². The van der Waals surface area contributed by atoms with Crippen molar-refractivity contribution in [3.63, 3.8) is 0 Å². The third-order valence-electron chi connectivity index (χ3n) is 3.02. The zero-order chi connectivity index (χ0) is 15.2. The molecule has 0 saturated heterocycles. The number of hydrogen-bond donors (Lipinski definition) is 2. The van der Waals surface area contributed by atoms with Crippen LogP contribution >= 0.6 is 0 Å². The minimum absolute atomic E-state index is 0.0210. The van der Waals surface area contributed by atoms with E-state index in [2.05, 4.69) is 15.6 Å². The molecule has 1 unspecified atom stereocenters. The van der Waals surface area contributed by atoms with Gasteiger partial charge in [-0.05, 0) is 37.3 Å². The van der Waals surface area contributed by atoms with Crippen LogP contribution in [0.4, 0.5) is 11.4 Å². The van der Waals surface area contributed by atoms with Gasteiger partial charge in [0.05, 0.1) is 24.5 Å². The average molecular weight is 285 g/mol. The van der Waals surface area contributed by atoms with Crippen LogP contribution in [-0.2, 0) is 4.79 Å². The van der Waals surface area contributed by atoms with Crippen LogP contribution in [0.1, 0.15) is 25.6 Å². The number of carbonyl (C=O) groups excluding carboxylic acids is 1. The van der Waals surface area contributed by atoms with Crippen LogP contribution in [0, 0.1) is 0 Å². The van der Waals surface area contributed by atoms with Crippen molar-refractivity contribution in [2.24, 2.45) is 0 Å². The van der Waals surface area contributed by atoms with E-state index in [0.29, 0.717) is 5.75 Å².